The van der Waals surface area contributed by atoms with Crippen LogP contribution in [0.5, 0.6) is 0 Å². The summed E-state index contributed by atoms with van der Waals surface area (Å²) in [6.45, 7) is 8.19. The average molecular weight is 292 g/mol. The van der Waals surface area contributed by atoms with Gasteiger partial charge in [-0.15, -0.1) is 0 Å². The summed E-state index contributed by atoms with van der Waals surface area (Å²) in [4.78, 5) is 12.2. The van der Waals surface area contributed by atoms with E-state index in [1.54, 1.807) is 0 Å². The minimum atomic E-state index is 0.856. The largest absolute Gasteiger partial charge is 0.344 e. The summed E-state index contributed by atoms with van der Waals surface area (Å²) in [5.41, 5.74) is 6.44. The SMILES string of the molecule is C/C(=N\c1ccc(C)cc1C)Nc1c[nH]c2ncc(C)cc12. The molecule has 112 valence electrons. The third kappa shape index (κ3) is 2.86. The molecule has 2 heterocycles. The van der Waals surface area contributed by atoms with Crippen molar-refractivity contribution in [2.75, 3.05) is 5.32 Å². The molecule has 0 fully saturated rings. The van der Waals surface area contributed by atoms with Crippen LogP contribution in [0.15, 0.2) is 41.7 Å². The molecular weight excluding hydrogens is 272 g/mol. The van der Waals surface area contributed by atoms with E-state index in [0.717, 1.165) is 33.8 Å². The van der Waals surface area contributed by atoms with Crippen molar-refractivity contribution < 1.29 is 0 Å². The van der Waals surface area contributed by atoms with E-state index in [1.165, 1.54) is 11.1 Å². The normalized spacial score (nSPS) is 11.9. The molecule has 0 spiro atoms. The molecule has 0 unspecified atom stereocenters. The van der Waals surface area contributed by atoms with Gasteiger partial charge in [0, 0.05) is 17.8 Å². The third-order valence-corrected chi connectivity index (χ3v) is 3.62. The maximum atomic E-state index is 4.68. The van der Waals surface area contributed by atoms with Gasteiger partial charge in [0.05, 0.1) is 11.4 Å². The molecule has 22 heavy (non-hydrogen) atoms. The zero-order valence-electron chi connectivity index (χ0n) is 13.4. The summed E-state index contributed by atoms with van der Waals surface area (Å²) >= 11 is 0. The summed E-state index contributed by atoms with van der Waals surface area (Å²) in [6.07, 6.45) is 3.79. The third-order valence-electron chi connectivity index (χ3n) is 3.62. The fraction of sp³-hybridized carbons (Fsp3) is 0.222. The van der Waals surface area contributed by atoms with Crippen molar-refractivity contribution in [1.82, 2.24) is 9.97 Å². The van der Waals surface area contributed by atoms with Gasteiger partial charge in [-0.1, -0.05) is 17.7 Å². The molecule has 0 aliphatic rings. The number of aryl methyl sites for hydroxylation is 3. The van der Waals surface area contributed by atoms with Gasteiger partial charge in [-0.2, -0.15) is 0 Å². The predicted octanol–water partition coefficient (Wildman–Crippen LogP) is 4.65. The zero-order chi connectivity index (χ0) is 15.7. The quantitative estimate of drug-likeness (QED) is 0.533. The van der Waals surface area contributed by atoms with E-state index < -0.39 is 0 Å². The summed E-state index contributed by atoms with van der Waals surface area (Å²) in [5, 5.41) is 4.44. The number of amidine groups is 1. The molecule has 0 saturated carbocycles. The van der Waals surface area contributed by atoms with Crippen LogP contribution < -0.4 is 5.32 Å². The average Bonchev–Trinajstić information content (AvgIpc) is 2.84. The second-order valence-corrected chi connectivity index (χ2v) is 5.72. The molecule has 0 bridgehead atoms. The summed E-state index contributed by atoms with van der Waals surface area (Å²) < 4.78 is 0. The number of hydrogen-bond donors (Lipinski definition) is 2. The second kappa shape index (κ2) is 5.64. The molecule has 1 aromatic carbocycles. The monoisotopic (exact) mass is 292 g/mol. The lowest BCUT2D eigenvalue weighted by atomic mass is 10.1. The lowest BCUT2D eigenvalue weighted by Gasteiger charge is -2.07. The van der Waals surface area contributed by atoms with E-state index >= 15 is 0 Å². The van der Waals surface area contributed by atoms with Crippen molar-refractivity contribution in [2.24, 2.45) is 4.99 Å². The Kier molecular flexibility index (Phi) is 3.67. The minimum absolute atomic E-state index is 0.856. The molecule has 0 amide bonds. The van der Waals surface area contributed by atoms with Gasteiger partial charge in [0.25, 0.3) is 0 Å². The van der Waals surface area contributed by atoms with Crippen molar-refractivity contribution in [1.29, 1.82) is 0 Å². The highest BCUT2D eigenvalue weighted by Crippen LogP contribution is 2.24. The molecule has 0 saturated heterocycles. The Balaban J connectivity index is 1.90. The topological polar surface area (TPSA) is 53.1 Å². The van der Waals surface area contributed by atoms with E-state index in [0.29, 0.717) is 0 Å². The number of H-pyrrole nitrogens is 1. The van der Waals surface area contributed by atoms with Crippen LogP contribution in [0.3, 0.4) is 0 Å². The van der Waals surface area contributed by atoms with E-state index in [9.17, 15) is 0 Å². The molecule has 0 aliphatic heterocycles. The molecule has 0 radical (unpaired) electrons. The fourth-order valence-electron chi connectivity index (χ4n) is 2.55. The Bertz CT molecular complexity index is 859. The van der Waals surface area contributed by atoms with E-state index in [4.69, 9.17) is 0 Å². The van der Waals surface area contributed by atoms with Crippen LogP contribution in [0.4, 0.5) is 11.4 Å². The summed E-state index contributed by atoms with van der Waals surface area (Å²) in [5.74, 6) is 0.856. The lowest BCUT2D eigenvalue weighted by molar-refractivity contribution is 1.29. The fourth-order valence-corrected chi connectivity index (χ4v) is 2.55. The van der Waals surface area contributed by atoms with Crippen molar-refractivity contribution in [3.05, 3.63) is 53.3 Å². The number of anilines is 1. The Hall–Kier alpha value is -2.62. The maximum absolute atomic E-state index is 4.68. The number of hydrogen-bond acceptors (Lipinski definition) is 2. The van der Waals surface area contributed by atoms with Crippen LogP contribution in [0.1, 0.15) is 23.6 Å². The smallest absolute Gasteiger partial charge is 0.139 e. The van der Waals surface area contributed by atoms with Crippen LogP contribution in [0.2, 0.25) is 0 Å². The first-order valence-corrected chi connectivity index (χ1v) is 7.36. The van der Waals surface area contributed by atoms with Gasteiger partial charge in [0.2, 0.25) is 0 Å². The Labute approximate surface area is 130 Å². The standard InChI is InChI=1S/C18H20N4/c1-11-5-6-16(13(3)7-11)21-14(4)22-17-10-20-18-15(17)8-12(2)9-19-18/h5-10H,1-4H3,(H,19,20)(H,21,22). The van der Waals surface area contributed by atoms with Gasteiger partial charge in [-0.3, -0.25) is 0 Å². The van der Waals surface area contributed by atoms with Gasteiger partial charge in [0.15, 0.2) is 0 Å². The molecule has 3 rings (SSSR count). The number of nitrogens with zero attached hydrogens (tertiary/aromatic N) is 2. The molecule has 4 heteroatoms. The number of pyridine rings is 1. The van der Waals surface area contributed by atoms with E-state index in [1.807, 2.05) is 26.2 Å². The first-order chi connectivity index (χ1) is 10.5. The number of aromatic nitrogens is 2. The Morgan fingerprint density at radius 2 is 1.95 bits per heavy atom. The first kappa shape index (κ1) is 14.3. The van der Waals surface area contributed by atoms with E-state index in [2.05, 4.69) is 58.4 Å². The van der Waals surface area contributed by atoms with Gasteiger partial charge < -0.3 is 10.3 Å². The van der Waals surface area contributed by atoms with Gasteiger partial charge in [-0.25, -0.2) is 9.98 Å². The second-order valence-electron chi connectivity index (χ2n) is 5.72. The summed E-state index contributed by atoms with van der Waals surface area (Å²) in [7, 11) is 0. The molecule has 0 aliphatic carbocycles. The zero-order valence-corrected chi connectivity index (χ0v) is 13.4. The van der Waals surface area contributed by atoms with Crippen LogP contribution in [-0.2, 0) is 0 Å². The number of benzene rings is 1. The maximum Gasteiger partial charge on any atom is 0.139 e. The Morgan fingerprint density at radius 3 is 2.73 bits per heavy atom. The van der Waals surface area contributed by atoms with Gasteiger partial charge in [-0.05, 0) is 51.0 Å². The van der Waals surface area contributed by atoms with Crippen molar-refractivity contribution in [3.63, 3.8) is 0 Å². The highest BCUT2D eigenvalue weighted by atomic mass is 15.0. The molecule has 4 nitrogen and oxygen atoms in total. The highest BCUT2D eigenvalue weighted by Gasteiger charge is 2.06. The number of aromatic amines is 1. The van der Waals surface area contributed by atoms with E-state index in [-0.39, 0.29) is 0 Å². The number of rotatable bonds is 2. The van der Waals surface area contributed by atoms with Crippen LogP contribution >= 0.6 is 0 Å². The first-order valence-electron chi connectivity index (χ1n) is 7.36. The lowest BCUT2D eigenvalue weighted by Crippen LogP contribution is -2.06. The predicted molar refractivity (Wildman–Crippen MR) is 93.1 cm³/mol. The number of fused-ring (bicyclic) bond motifs is 1. The minimum Gasteiger partial charge on any atom is -0.344 e. The molecule has 2 N–H and O–H groups in total. The molecular formula is C18H20N4. The number of aliphatic imine (C=N–C) groups is 1. The van der Waals surface area contributed by atoms with Gasteiger partial charge >= 0.3 is 0 Å². The molecule has 2 aromatic heterocycles. The van der Waals surface area contributed by atoms with Crippen molar-refractivity contribution in [3.8, 4) is 0 Å². The summed E-state index contributed by atoms with van der Waals surface area (Å²) in [6, 6.07) is 8.39. The molecule has 0 atom stereocenters. The number of nitrogens with one attached hydrogen (secondary N) is 2. The van der Waals surface area contributed by atoms with Crippen molar-refractivity contribution >= 4 is 28.2 Å². The Morgan fingerprint density at radius 1 is 1.14 bits per heavy atom. The van der Waals surface area contributed by atoms with Crippen LogP contribution in [0, 0.1) is 20.8 Å². The van der Waals surface area contributed by atoms with Crippen molar-refractivity contribution in [2.45, 2.75) is 27.7 Å². The molecule has 3 aromatic rings. The highest BCUT2D eigenvalue weighted by molar-refractivity contribution is 6.02. The van der Waals surface area contributed by atoms with Gasteiger partial charge in [0.1, 0.15) is 11.5 Å². The van der Waals surface area contributed by atoms with Crippen LogP contribution in [-0.4, -0.2) is 15.8 Å². The van der Waals surface area contributed by atoms with Crippen LogP contribution in [0.25, 0.3) is 11.0 Å².